The van der Waals surface area contributed by atoms with Gasteiger partial charge < -0.3 is 4.98 Å². The lowest BCUT2D eigenvalue weighted by Gasteiger charge is -2.03. The quantitative estimate of drug-likeness (QED) is 0.749. The molecule has 3 rings (SSSR count). The highest BCUT2D eigenvalue weighted by atomic mass is 79.9. The zero-order valence-corrected chi connectivity index (χ0v) is 11.1. The van der Waals surface area contributed by atoms with Gasteiger partial charge >= 0.3 is 5.69 Å². The molecule has 3 aromatic rings. The van der Waals surface area contributed by atoms with Crippen LogP contribution >= 0.6 is 15.9 Å². The van der Waals surface area contributed by atoms with Crippen LogP contribution in [0.15, 0.2) is 39.7 Å². The van der Waals surface area contributed by atoms with Gasteiger partial charge in [0.25, 0.3) is 0 Å². The van der Waals surface area contributed by atoms with Crippen LogP contribution in [0.5, 0.6) is 0 Å². The van der Waals surface area contributed by atoms with Gasteiger partial charge in [-0.1, -0.05) is 12.1 Å². The van der Waals surface area contributed by atoms with Crippen molar-refractivity contribution in [3.05, 3.63) is 51.0 Å². The van der Waals surface area contributed by atoms with Gasteiger partial charge in [-0.3, -0.25) is 0 Å². The lowest BCUT2D eigenvalue weighted by Crippen LogP contribution is -2.16. The molecule has 5 nitrogen and oxygen atoms in total. The monoisotopic (exact) mass is 304 g/mol. The largest absolute Gasteiger partial charge is 0.332 e. The Balaban J connectivity index is 2.38. The molecule has 2 heterocycles. The third kappa shape index (κ3) is 1.65. The molecule has 1 N–H and O–H groups in total. The summed E-state index contributed by atoms with van der Waals surface area (Å²) in [4.78, 5) is 14.8. The fraction of sp³-hybridized carbons (Fsp3) is 0.0833. The highest BCUT2D eigenvalue weighted by Crippen LogP contribution is 2.18. The first kappa shape index (κ1) is 11.2. The lowest BCUT2D eigenvalue weighted by atomic mass is 10.2. The van der Waals surface area contributed by atoms with E-state index in [1.54, 1.807) is 12.1 Å². The van der Waals surface area contributed by atoms with Crippen molar-refractivity contribution >= 4 is 27.0 Å². The summed E-state index contributed by atoms with van der Waals surface area (Å²) in [5.74, 6) is 0.503. The number of fused-ring (bicyclic) bond motifs is 1. The lowest BCUT2D eigenvalue weighted by molar-refractivity contribution is 0.889. The van der Waals surface area contributed by atoms with Gasteiger partial charge in [0.2, 0.25) is 0 Å². The second-order valence-electron chi connectivity index (χ2n) is 3.95. The zero-order valence-electron chi connectivity index (χ0n) is 9.51. The first-order chi connectivity index (χ1) is 8.66. The minimum atomic E-state index is -0.212. The van der Waals surface area contributed by atoms with Gasteiger partial charge in [0.1, 0.15) is 4.60 Å². The minimum absolute atomic E-state index is 0.212. The molecule has 0 aliphatic rings. The van der Waals surface area contributed by atoms with Crippen molar-refractivity contribution in [3.63, 3.8) is 0 Å². The number of nitrogens with one attached hydrogen (secondary N) is 1. The molecule has 0 spiro atoms. The molecule has 0 aliphatic carbocycles. The molecule has 0 amide bonds. The van der Waals surface area contributed by atoms with Crippen LogP contribution in [-0.4, -0.2) is 19.7 Å². The molecule has 6 heteroatoms. The molecule has 90 valence electrons. The predicted molar refractivity (Wildman–Crippen MR) is 71.9 cm³/mol. The average Bonchev–Trinajstić information content (AvgIpc) is 2.68. The first-order valence-electron chi connectivity index (χ1n) is 5.37. The molecular formula is C12H9BrN4O. The van der Waals surface area contributed by atoms with Crippen LogP contribution in [-0.2, 0) is 0 Å². The van der Waals surface area contributed by atoms with E-state index in [9.17, 15) is 4.79 Å². The van der Waals surface area contributed by atoms with Gasteiger partial charge in [0, 0.05) is 0 Å². The van der Waals surface area contributed by atoms with E-state index in [0.29, 0.717) is 10.4 Å². The van der Waals surface area contributed by atoms with Crippen LogP contribution in [0.2, 0.25) is 0 Å². The Kier molecular flexibility index (Phi) is 2.52. The topological polar surface area (TPSA) is 63.6 Å². The third-order valence-electron chi connectivity index (χ3n) is 2.75. The minimum Gasteiger partial charge on any atom is -0.305 e. The van der Waals surface area contributed by atoms with E-state index in [1.807, 2.05) is 25.1 Å². The molecule has 1 aromatic carbocycles. The van der Waals surface area contributed by atoms with Crippen molar-refractivity contribution in [2.24, 2.45) is 0 Å². The fourth-order valence-electron chi connectivity index (χ4n) is 1.98. The van der Waals surface area contributed by atoms with E-state index in [-0.39, 0.29) is 5.69 Å². The summed E-state index contributed by atoms with van der Waals surface area (Å²) in [6, 6.07) is 9.24. The fourth-order valence-corrected chi connectivity index (χ4v) is 2.19. The number of benzene rings is 1. The van der Waals surface area contributed by atoms with Crippen molar-refractivity contribution in [2.75, 3.05) is 0 Å². The number of hydrogen-bond acceptors (Lipinski definition) is 3. The number of aromatic nitrogens is 4. The van der Waals surface area contributed by atoms with Crippen molar-refractivity contribution < 1.29 is 0 Å². The predicted octanol–water partition coefficient (Wildman–Crippen LogP) is 2.18. The molecule has 0 saturated heterocycles. The Labute approximate surface area is 111 Å². The maximum absolute atomic E-state index is 12.0. The number of para-hydroxylation sites is 1. The summed E-state index contributed by atoms with van der Waals surface area (Å²) >= 11 is 3.22. The zero-order chi connectivity index (χ0) is 12.7. The molecule has 2 aromatic heterocycles. The van der Waals surface area contributed by atoms with Gasteiger partial charge in [0.15, 0.2) is 5.82 Å². The summed E-state index contributed by atoms with van der Waals surface area (Å²) < 4.78 is 2.17. The number of hydrogen-bond donors (Lipinski definition) is 1. The number of nitrogens with zero attached hydrogens (tertiary/aromatic N) is 3. The summed E-state index contributed by atoms with van der Waals surface area (Å²) in [6.45, 7) is 1.96. The smallest absolute Gasteiger partial charge is 0.305 e. The van der Waals surface area contributed by atoms with Gasteiger partial charge in [-0.15, -0.1) is 10.2 Å². The Morgan fingerprint density at radius 3 is 2.78 bits per heavy atom. The van der Waals surface area contributed by atoms with Gasteiger partial charge in [-0.2, -0.15) is 0 Å². The number of halogens is 1. The molecule has 0 bridgehead atoms. The SMILES string of the molecule is Cc1cccc2[nH]c(=O)n(-c3ccc(Br)nn3)c12. The molecule has 0 atom stereocenters. The summed E-state index contributed by atoms with van der Waals surface area (Å²) in [5, 5.41) is 7.92. The Morgan fingerprint density at radius 2 is 2.06 bits per heavy atom. The van der Waals surface area contributed by atoms with Crippen LogP contribution in [0.3, 0.4) is 0 Å². The summed E-state index contributed by atoms with van der Waals surface area (Å²) in [7, 11) is 0. The van der Waals surface area contributed by atoms with Crippen molar-refractivity contribution in [3.8, 4) is 5.82 Å². The molecule has 0 saturated carbocycles. The number of aryl methyl sites for hydroxylation is 1. The van der Waals surface area contributed by atoms with Crippen LogP contribution in [0.1, 0.15) is 5.56 Å². The molecule has 0 unspecified atom stereocenters. The van der Waals surface area contributed by atoms with Gasteiger partial charge in [-0.05, 0) is 46.6 Å². The van der Waals surface area contributed by atoms with Crippen molar-refractivity contribution in [1.29, 1.82) is 0 Å². The van der Waals surface area contributed by atoms with E-state index >= 15 is 0 Å². The Morgan fingerprint density at radius 1 is 1.22 bits per heavy atom. The summed E-state index contributed by atoms with van der Waals surface area (Å²) in [6.07, 6.45) is 0. The molecule has 0 radical (unpaired) electrons. The van der Waals surface area contributed by atoms with Crippen molar-refractivity contribution in [2.45, 2.75) is 6.92 Å². The van der Waals surface area contributed by atoms with Gasteiger partial charge in [0.05, 0.1) is 11.0 Å². The highest BCUT2D eigenvalue weighted by Gasteiger charge is 2.11. The number of aromatic amines is 1. The average molecular weight is 305 g/mol. The van der Waals surface area contributed by atoms with Crippen LogP contribution in [0.4, 0.5) is 0 Å². The molecule has 0 aliphatic heterocycles. The number of rotatable bonds is 1. The van der Waals surface area contributed by atoms with E-state index in [2.05, 4.69) is 31.1 Å². The van der Waals surface area contributed by atoms with Crippen molar-refractivity contribution in [1.82, 2.24) is 19.7 Å². The van der Waals surface area contributed by atoms with E-state index in [1.165, 1.54) is 4.57 Å². The first-order valence-corrected chi connectivity index (χ1v) is 6.16. The van der Waals surface area contributed by atoms with Crippen LogP contribution in [0, 0.1) is 6.92 Å². The van der Waals surface area contributed by atoms with Gasteiger partial charge in [-0.25, -0.2) is 9.36 Å². The Hall–Kier alpha value is -1.95. The van der Waals surface area contributed by atoms with E-state index in [0.717, 1.165) is 16.6 Å². The molecule has 18 heavy (non-hydrogen) atoms. The standard InChI is InChI=1S/C12H9BrN4O/c1-7-3-2-4-8-11(7)17(12(18)14-8)10-6-5-9(13)15-16-10/h2-6H,1H3,(H,14,18). The third-order valence-corrected chi connectivity index (χ3v) is 3.18. The molecule has 0 fully saturated rings. The Bertz CT molecular complexity index is 773. The number of imidazole rings is 1. The van der Waals surface area contributed by atoms with Crippen LogP contribution < -0.4 is 5.69 Å². The summed E-state index contributed by atoms with van der Waals surface area (Å²) in [5.41, 5.74) is 2.43. The van der Waals surface area contributed by atoms with E-state index < -0.39 is 0 Å². The van der Waals surface area contributed by atoms with Crippen LogP contribution in [0.25, 0.3) is 16.9 Å². The maximum Gasteiger partial charge on any atom is 0.332 e. The second kappa shape index (κ2) is 4.06. The molecular weight excluding hydrogens is 296 g/mol. The van der Waals surface area contributed by atoms with E-state index in [4.69, 9.17) is 0 Å². The maximum atomic E-state index is 12.0. The highest BCUT2D eigenvalue weighted by molar-refractivity contribution is 9.10. The normalized spacial score (nSPS) is 11.0. The number of H-pyrrole nitrogens is 1. The second-order valence-corrected chi connectivity index (χ2v) is 4.76.